The molecule has 0 unspecified atom stereocenters. The van der Waals surface area contributed by atoms with E-state index in [2.05, 4.69) is 10.6 Å². The Morgan fingerprint density at radius 2 is 2.04 bits per heavy atom. The second kappa shape index (κ2) is 7.44. The predicted octanol–water partition coefficient (Wildman–Crippen LogP) is 3.20. The molecule has 126 valence electrons. The summed E-state index contributed by atoms with van der Waals surface area (Å²) >= 11 is 1.58. The van der Waals surface area contributed by atoms with Gasteiger partial charge in [0, 0.05) is 17.1 Å². The van der Waals surface area contributed by atoms with Crippen molar-refractivity contribution in [1.82, 2.24) is 10.2 Å². The molecule has 3 rings (SSSR count). The smallest absolute Gasteiger partial charge is 0.322 e. The zero-order valence-electron chi connectivity index (χ0n) is 13.0. The summed E-state index contributed by atoms with van der Waals surface area (Å²) in [4.78, 5) is 27.4. The summed E-state index contributed by atoms with van der Waals surface area (Å²) in [6.45, 7) is 1.00. The first kappa shape index (κ1) is 16.4. The third kappa shape index (κ3) is 3.91. The third-order valence-corrected chi connectivity index (χ3v) is 4.81. The van der Waals surface area contributed by atoms with Crippen molar-refractivity contribution in [3.8, 4) is 0 Å². The molecule has 0 aliphatic carbocycles. The van der Waals surface area contributed by atoms with E-state index in [4.69, 9.17) is 0 Å². The molecule has 2 aromatic rings. The molecule has 1 aromatic carbocycles. The molecule has 1 saturated heterocycles. The lowest BCUT2D eigenvalue weighted by molar-refractivity contribution is -0.124. The second-order valence-electron chi connectivity index (χ2n) is 5.59. The summed E-state index contributed by atoms with van der Waals surface area (Å²) in [6, 6.07) is 8.64. The predicted molar refractivity (Wildman–Crippen MR) is 91.3 cm³/mol. The van der Waals surface area contributed by atoms with E-state index in [0.717, 1.165) is 11.3 Å². The molecule has 2 heterocycles. The van der Waals surface area contributed by atoms with E-state index in [-0.39, 0.29) is 17.8 Å². The van der Waals surface area contributed by atoms with Gasteiger partial charge in [0.15, 0.2) is 0 Å². The largest absolute Gasteiger partial charge is 0.349 e. The highest BCUT2D eigenvalue weighted by atomic mass is 32.1. The number of urea groups is 1. The van der Waals surface area contributed by atoms with Gasteiger partial charge in [-0.2, -0.15) is 0 Å². The third-order valence-electron chi connectivity index (χ3n) is 3.93. The number of benzene rings is 1. The van der Waals surface area contributed by atoms with E-state index in [1.54, 1.807) is 11.3 Å². The number of nitrogens with zero attached hydrogens (tertiary/aromatic N) is 1. The number of halogens is 1. The molecule has 1 aliphatic heterocycles. The Hall–Kier alpha value is -2.41. The number of thiophene rings is 1. The van der Waals surface area contributed by atoms with E-state index < -0.39 is 6.04 Å². The number of carbonyl (C=O) groups is 2. The Morgan fingerprint density at radius 3 is 2.75 bits per heavy atom. The topological polar surface area (TPSA) is 61.4 Å². The van der Waals surface area contributed by atoms with E-state index in [1.807, 2.05) is 17.5 Å². The van der Waals surface area contributed by atoms with Crippen LogP contribution in [0.1, 0.15) is 17.7 Å². The molecular formula is C17H18FN3O2S. The summed E-state index contributed by atoms with van der Waals surface area (Å²) in [5.41, 5.74) is 0.506. The van der Waals surface area contributed by atoms with Gasteiger partial charge in [0.1, 0.15) is 11.9 Å². The Labute approximate surface area is 143 Å². The fraction of sp³-hybridized carbons (Fsp3) is 0.294. The lowest BCUT2D eigenvalue weighted by atomic mass is 10.2. The zero-order valence-corrected chi connectivity index (χ0v) is 13.8. The summed E-state index contributed by atoms with van der Waals surface area (Å²) in [7, 11) is 0. The minimum absolute atomic E-state index is 0.143. The number of amides is 3. The minimum atomic E-state index is -0.467. The first-order valence-electron chi connectivity index (χ1n) is 7.77. The minimum Gasteiger partial charge on any atom is -0.349 e. The van der Waals surface area contributed by atoms with Crippen molar-refractivity contribution in [2.45, 2.75) is 25.4 Å². The average molecular weight is 347 g/mol. The molecule has 24 heavy (non-hydrogen) atoms. The number of carbonyl (C=O) groups excluding carboxylic acids is 2. The van der Waals surface area contributed by atoms with Crippen molar-refractivity contribution in [2.75, 3.05) is 11.9 Å². The first-order valence-corrected chi connectivity index (χ1v) is 8.65. The molecule has 0 bridgehead atoms. The van der Waals surface area contributed by atoms with Crippen LogP contribution >= 0.6 is 11.3 Å². The van der Waals surface area contributed by atoms with Crippen LogP contribution in [-0.4, -0.2) is 29.4 Å². The molecule has 7 heteroatoms. The summed E-state index contributed by atoms with van der Waals surface area (Å²) in [5.74, 6) is -0.504. The summed E-state index contributed by atoms with van der Waals surface area (Å²) < 4.78 is 12.9. The quantitative estimate of drug-likeness (QED) is 0.892. The molecule has 0 radical (unpaired) electrons. The van der Waals surface area contributed by atoms with Crippen LogP contribution in [0.3, 0.4) is 0 Å². The molecule has 1 fully saturated rings. The maximum Gasteiger partial charge on any atom is 0.322 e. The Bertz CT molecular complexity index is 703. The van der Waals surface area contributed by atoms with Gasteiger partial charge in [-0.3, -0.25) is 4.79 Å². The molecular weight excluding hydrogens is 329 g/mol. The number of hydrogen-bond donors (Lipinski definition) is 2. The average Bonchev–Trinajstić information content (AvgIpc) is 3.26. The number of rotatable bonds is 4. The molecule has 0 saturated carbocycles. The highest BCUT2D eigenvalue weighted by Gasteiger charge is 2.34. The fourth-order valence-corrected chi connectivity index (χ4v) is 3.36. The van der Waals surface area contributed by atoms with E-state index in [1.165, 1.54) is 29.2 Å². The molecule has 1 aliphatic rings. The van der Waals surface area contributed by atoms with Crippen molar-refractivity contribution in [2.24, 2.45) is 0 Å². The van der Waals surface area contributed by atoms with E-state index in [0.29, 0.717) is 25.2 Å². The molecule has 0 spiro atoms. The summed E-state index contributed by atoms with van der Waals surface area (Å²) in [5, 5.41) is 7.55. The number of anilines is 1. The molecule has 1 atom stereocenters. The van der Waals surface area contributed by atoms with Crippen molar-refractivity contribution < 1.29 is 14.0 Å². The van der Waals surface area contributed by atoms with Crippen LogP contribution in [0.15, 0.2) is 41.8 Å². The van der Waals surface area contributed by atoms with Crippen LogP contribution in [0.5, 0.6) is 0 Å². The zero-order chi connectivity index (χ0) is 16.9. The highest BCUT2D eigenvalue weighted by Crippen LogP contribution is 2.20. The second-order valence-corrected chi connectivity index (χ2v) is 6.62. The molecule has 1 aromatic heterocycles. The SMILES string of the molecule is O=C(NCc1cccs1)[C@@H]1CCCN1C(=O)Nc1ccc(F)cc1. The van der Waals surface area contributed by atoms with Gasteiger partial charge in [0.05, 0.1) is 6.54 Å². The van der Waals surface area contributed by atoms with Crippen LogP contribution in [0.25, 0.3) is 0 Å². The van der Waals surface area contributed by atoms with E-state index >= 15 is 0 Å². The van der Waals surface area contributed by atoms with Crippen LogP contribution < -0.4 is 10.6 Å². The number of likely N-dealkylation sites (tertiary alicyclic amines) is 1. The number of nitrogens with one attached hydrogen (secondary N) is 2. The molecule has 3 amide bonds. The summed E-state index contributed by atoms with van der Waals surface area (Å²) in [6.07, 6.45) is 1.43. The van der Waals surface area contributed by atoms with Gasteiger partial charge in [-0.05, 0) is 48.6 Å². The molecule has 2 N–H and O–H groups in total. The van der Waals surface area contributed by atoms with Crippen molar-refractivity contribution >= 4 is 29.0 Å². The van der Waals surface area contributed by atoms with Gasteiger partial charge >= 0.3 is 6.03 Å². The Kier molecular flexibility index (Phi) is 5.10. The molecule has 5 nitrogen and oxygen atoms in total. The fourth-order valence-electron chi connectivity index (χ4n) is 2.72. The first-order chi connectivity index (χ1) is 11.6. The van der Waals surface area contributed by atoms with Crippen LogP contribution in [0, 0.1) is 5.82 Å². The van der Waals surface area contributed by atoms with Gasteiger partial charge in [-0.25, -0.2) is 9.18 Å². The lowest BCUT2D eigenvalue weighted by Crippen LogP contribution is -2.47. The van der Waals surface area contributed by atoms with Gasteiger partial charge in [-0.15, -0.1) is 11.3 Å². The number of hydrogen-bond acceptors (Lipinski definition) is 3. The lowest BCUT2D eigenvalue weighted by Gasteiger charge is -2.24. The maximum absolute atomic E-state index is 12.9. The van der Waals surface area contributed by atoms with Gasteiger partial charge in [-0.1, -0.05) is 6.07 Å². The van der Waals surface area contributed by atoms with Gasteiger partial charge in [0.25, 0.3) is 0 Å². The van der Waals surface area contributed by atoms with Crippen LogP contribution in [0.2, 0.25) is 0 Å². The van der Waals surface area contributed by atoms with E-state index in [9.17, 15) is 14.0 Å². The highest BCUT2D eigenvalue weighted by molar-refractivity contribution is 7.09. The van der Waals surface area contributed by atoms with Gasteiger partial charge < -0.3 is 15.5 Å². The monoisotopic (exact) mass is 347 g/mol. The standard InChI is InChI=1S/C17H18FN3O2S/c18-12-5-7-13(8-6-12)20-17(23)21-9-1-4-15(21)16(22)19-11-14-3-2-10-24-14/h2-3,5-8,10,15H,1,4,9,11H2,(H,19,22)(H,20,23)/t15-/m0/s1. The Balaban J connectivity index is 1.58. The Morgan fingerprint density at radius 1 is 1.25 bits per heavy atom. The van der Waals surface area contributed by atoms with Crippen LogP contribution in [0.4, 0.5) is 14.9 Å². The van der Waals surface area contributed by atoms with Crippen LogP contribution in [-0.2, 0) is 11.3 Å². The maximum atomic E-state index is 12.9. The normalized spacial score (nSPS) is 16.9. The van der Waals surface area contributed by atoms with Gasteiger partial charge in [0.2, 0.25) is 5.91 Å². The van der Waals surface area contributed by atoms with Crippen molar-refractivity contribution in [3.05, 3.63) is 52.5 Å². The van der Waals surface area contributed by atoms with Crippen molar-refractivity contribution in [3.63, 3.8) is 0 Å². The van der Waals surface area contributed by atoms with Crippen molar-refractivity contribution in [1.29, 1.82) is 0 Å².